The summed E-state index contributed by atoms with van der Waals surface area (Å²) >= 11 is 6.56. The third-order valence-electron chi connectivity index (χ3n) is 3.47. The predicted molar refractivity (Wildman–Crippen MR) is 107 cm³/mol. The Morgan fingerprint density at radius 3 is 2.70 bits per heavy atom. The first-order valence-electron chi connectivity index (χ1n) is 7.48. The highest BCUT2D eigenvalue weighted by atomic mass is 32.1. The van der Waals surface area contributed by atoms with Crippen LogP contribution in [0.25, 0.3) is 10.2 Å². The van der Waals surface area contributed by atoms with Gasteiger partial charge in [-0.15, -0.1) is 11.3 Å². The van der Waals surface area contributed by atoms with Crippen molar-refractivity contribution in [3.63, 3.8) is 0 Å². The van der Waals surface area contributed by atoms with Crippen molar-refractivity contribution in [3.8, 4) is 18.7 Å². The number of aromatic carboxylic acids is 1. The summed E-state index contributed by atoms with van der Waals surface area (Å²) < 4.78 is 1.61. The molecule has 3 N–H and O–H groups in total. The van der Waals surface area contributed by atoms with E-state index < -0.39 is 5.97 Å². The van der Waals surface area contributed by atoms with Gasteiger partial charge in [-0.25, -0.2) is 9.79 Å². The van der Waals surface area contributed by atoms with Crippen molar-refractivity contribution in [2.24, 2.45) is 4.99 Å². The van der Waals surface area contributed by atoms with Gasteiger partial charge in [-0.3, -0.25) is 0 Å². The van der Waals surface area contributed by atoms with Crippen molar-refractivity contribution in [1.82, 2.24) is 9.88 Å². The molecule has 3 aromatic rings. The van der Waals surface area contributed by atoms with E-state index in [1.54, 1.807) is 6.07 Å². The fourth-order valence-electron chi connectivity index (χ4n) is 2.22. The number of guanidine groups is 1. The molecule has 132 valence electrons. The molecular formula is C18H11N5O2S2. The maximum Gasteiger partial charge on any atom is 0.335 e. The third-order valence-corrected chi connectivity index (χ3v) is 4.66. The fraction of sp³-hybridized carbons (Fsp3) is 0. The molecule has 27 heavy (non-hydrogen) atoms. The number of thiazole rings is 1. The van der Waals surface area contributed by atoms with Gasteiger partial charge in [0.2, 0.25) is 5.96 Å². The molecule has 3 rings (SSSR count). The van der Waals surface area contributed by atoms with E-state index in [1.807, 2.05) is 18.3 Å². The molecule has 2 aromatic carbocycles. The second-order valence-electron chi connectivity index (χ2n) is 5.20. The Kier molecular flexibility index (Phi) is 5.18. The van der Waals surface area contributed by atoms with E-state index in [0.717, 1.165) is 15.1 Å². The van der Waals surface area contributed by atoms with Gasteiger partial charge in [0.15, 0.2) is 10.1 Å². The number of benzene rings is 2. The van der Waals surface area contributed by atoms with Crippen molar-refractivity contribution in [2.45, 2.75) is 0 Å². The molecule has 0 bridgehead atoms. The predicted octanol–water partition coefficient (Wildman–Crippen LogP) is 4.13. The topological polar surface area (TPSA) is 105 Å². The Labute approximate surface area is 163 Å². The number of fused-ring (bicyclic) bond motifs is 1. The van der Waals surface area contributed by atoms with Crippen LogP contribution >= 0.6 is 23.6 Å². The van der Waals surface area contributed by atoms with Crippen molar-refractivity contribution in [1.29, 1.82) is 5.26 Å². The van der Waals surface area contributed by atoms with Crippen LogP contribution in [0.15, 0.2) is 47.5 Å². The molecule has 0 radical (unpaired) electrons. The van der Waals surface area contributed by atoms with Crippen LogP contribution in [-0.2, 0) is 0 Å². The van der Waals surface area contributed by atoms with Gasteiger partial charge in [0, 0.05) is 11.7 Å². The van der Waals surface area contributed by atoms with Crippen LogP contribution in [0.5, 0.6) is 0 Å². The van der Waals surface area contributed by atoms with Crippen molar-refractivity contribution in [3.05, 3.63) is 52.0 Å². The summed E-state index contributed by atoms with van der Waals surface area (Å²) in [7, 11) is 0. The van der Waals surface area contributed by atoms with Crippen molar-refractivity contribution < 1.29 is 9.90 Å². The number of carboxylic acid groups (broad SMARTS) is 1. The summed E-state index contributed by atoms with van der Waals surface area (Å²) in [6.07, 6.45) is 7.24. The molecule has 0 saturated carbocycles. The molecule has 1 heterocycles. The summed E-state index contributed by atoms with van der Waals surface area (Å²) in [5, 5.41) is 21.3. The highest BCUT2D eigenvalue weighted by molar-refractivity contribution is 7.73. The number of aromatic amines is 1. The zero-order valence-corrected chi connectivity index (χ0v) is 15.3. The number of anilines is 1. The molecule has 0 aliphatic heterocycles. The summed E-state index contributed by atoms with van der Waals surface area (Å²) in [6.45, 7) is 0. The van der Waals surface area contributed by atoms with Crippen LogP contribution in [-0.4, -0.2) is 26.9 Å². The number of hydrogen-bond acceptors (Lipinski definition) is 5. The molecular weight excluding hydrogens is 382 g/mol. The van der Waals surface area contributed by atoms with E-state index in [-0.39, 0.29) is 11.5 Å². The monoisotopic (exact) mass is 393 g/mol. The summed E-state index contributed by atoms with van der Waals surface area (Å²) in [5.41, 5.74) is 2.16. The van der Waals surface area contributed by atoms with Crippen LogP contribution in [0.4, 0.5) is 11.4 Å². The maximum absolute atomic E-state index is 11.0. The standard InChI is InChI=1S/C18H11N5O2S2/c1-2-23(10-19)17(20-12-5-3-11(4-6-12)16(24)25)21-13-7-8-14-15(9-13)27-18(26)22-14/h1,3-9H,(H,20,21)(H,22,26)(H,24,25). The van der Waals surface area contributed by atoms with Gasteiger partial charge >= 0.3 is 5.97 Å². The first-order chi connectivity index (χ1) is 13.0. The van der Waals surface area contributed by atoms with Gasteiger partial charge in [0.05, 0.1) is 21.5 Å². The molecule has 0 fully saturated rings. The van der Waals surface area contributed by atoms with Gasteiger partial charge in [-0.05, 0) is 54.7 Å². The molecule has 0 saturated heterocycles. The van der Waals surface area contributed by atoms with E-state index in [9.17, 15) is 10.1 Å². The Morgan fingerprint density at radius 2 is 2.07 bits per heavy atom. The minimum absolute atomic E-state index is 0.113. The number of carboxylic acids is 1. The van der Waals surface area contributed by atoms with Crippen LogP contribution in [0.1, 0.15) is 10.4 Å². The Balaban J connectivity index is 1.97. The van der Waals surface area contributed by atoms with E-state index in [4.69, 9.17) is 23.7 Å². The highest BCUT2D eigenvalue weighted by Crippen LogP contribution is 2.24. The first kappa shape index (κ1) is 18.1. The molecule has 0 unspecified atom stereocenters. The lowest BCUT2D eigenvalue weighted by molar-refractivity contribution is 0.0697. The number of rotatable bonds is 3. The van der Waals surface area contributed by atoms with Crippen LogP contribution in [0, 0.1) is 27.9 Å². The molecule has 9 heteroatoms. The van der Waals surface area contributed by atoms with Crippen LogP contribution in [0.2, 0.25) is 0 Å². The number of nitriles is 1. The number of carbonyl (C=O) groups is 1. The third kappa shape index (κ3) is 4.12. The SMILES string of the molecule is C#CN(C#N)C(=Nc1ccc(C(=O)O)cc1)Nc1ccc2[nH]c(=S)sc2c1. The smallest absolute Gasteiger partial charge is 0.335 e. The van der Waals surface area contributed by atoms with Gasteiger partial charge in [-0.1, -0.05) is 6.42 Å². The fourth-order valence-corrected chi connectivity index (χ4v) is 3.38. The number of nitrogens with zero attached hydrogens (tertiary/aromatic N) is 3. The second kappa shape index (κ2) is 7.70. The lowest BCUT2D eigenvalue weighted by atomic mass is 10.2. The quantitative estimate of drug-likeness (QED) is 0.154. The number of nitrogens with one attached hydrogen (secondary N) is 2. The van der Waals surface area contributed by atoms with Crippen LogP contribution < -0.4 is 5.32 Å². The van der Waals surface area contributed by atoms with Gasteiger partial charge in [0.25, 0.3) is 0 Å². The minimum Gasteiger partial charge on any atom is -0.478 e. The molecule has 0 atom stereocenters. The van der Waals surface area contributed by atoms with Gasteiger partial charge in [-0.2, -0.15) is 10.2 Å². The summed E-state index contributed by atoms with van der Waals surface area (Å²) in [6, 6.07) is 13.6. The van der Waals surface area contributed by atoms with Gasteiger partial charge < -0.3 is 15.4 Å². The average Bonchev–Trinajstić information content (AvgIpc) is 3.02. The van der Waals surface area contributed by atoms with Crippen molar-refractivity contribution >= 4 is 57.1 Å². The number of H-pyrrole nitrogens is 1. The second-order valence-corrected chi connectivity index (χ2v) is 6.92. The van der Waals surface area contributed by atoms with E-state index >= 15 is 0 Å². The number of hydrogen-bond donors (Lipinski definition) is 3. The number of aromatic nitrogens is 1. The minimum atomic E-state index is -1.03. The summed E-state index contributed by atoms with van der Waals surface area (Å²) in [5.74, 6) is -0.921. The Morgan fingerprint density at radius 1 is 1.33 bits per heavy atom. The maximum atomic E-state index is 11.0. The van der Waals surface area contributed by atoms with E-state index in [2.05, 4.69) is 21.3 Å². The molecule has 0 aliphatic rings. The number of terminal acetylenes is 1. The molecule has 1 aromatic heterocycles. The van der Waals surface area contributed by atoms with E-state index in [1.165, 1.54) is 35.6 Å². The lowest BCUT2D eigenvalue weighted by Crippen LogP contribution is -2.28. The lowest BCUT2D eigenvalue weighted by Gasteiger charge is -2.13. The first-order valence-corrected chi connectivity index (χ1v) is 8.70. The van der Waals surface area contributed by atoms with Crippen LogP contribution in [0.3, 0.4) is 0 Å². The highest BCUT2D eigenvalue weighted by Gasteiger charge is 2.11. The Hall–Kier alpha value is -3.66. The Bertz CT molecular complexity index is 1170. The summed E-state index contributed by atoms with van der Waals surface area (Å²) in [4.78, 5) is 19.3. The molecule has 7 nitrogen and oxygen atoms in total. The van der Waals surface area contributed by atoms with Gasteiger partial charge in [0.1, 0.15) is 0 Å². The number of aliphatic imine (C=N–C) groups is 1. The normalized spacial score (nSPS) is 10.8. The zero-order chi connectivity index (χ0) is 19.4. The molecule has 0 aliphatic carbocycles. The molecule has 0 spiro atoms. The van der Waals surface area contributed by atoms with Crippen molar-refractivity contribution in [2.75, 3.05) is 5.32 Å². The average molecular weight is 393 g/mol. The zero-order valence-electron chi connectivity index (χ0n) is 13.6. The molecule has 0 amide bonds. The largest absolute Gasteiger partial charge is 0.478 e. The van der Waals surface area contributed by atoms with E-state index in [0.29, 0.717) is 15.3 Å².